The molecule has 1 aromatic heterocycles. The van der Waals surface area contributed by atoms with Gasteiger partial charge in [0.1, 0.15) is 22.1 Å². The lowest BCUT2D eigenvalue weighted by Crippen LogP contribution is -2.05. The second-order valence-corrected chi connectivity index (χ2v) is 6.68. The van der Waals surface area contributed by atoms with Crippen LogP contribution in [0.3, 0.4) is 0 Å². The van der Waals surface area contributed by atoms with Crippen LogP contribution in [0.2, 0.25) is 0 Å². The topological polar surface area (TPSA) is 67.3 Å². The minimum absolute atomic E-state index is 0.0407. The van der Waals surface area contributed by atoms with Gasteiger partial charge in [-0.15, -0.1) is 11.3 Å². The molecule has 0 atom stereocenters. The molecule has 0 fully saturated rings. The summed E-state index contributed by atoms with van der Waals surface area (Å²) in [4.78, 5) is 27.1. The first kappa shape index (κ1) is 17.2. The molecular weight excluding hydrogens is 348 g/mol. The molecule has 0 radical (unpaired) electrons. The number of thiazole rings is 1. The van der Waals surface area contributed by atoms with E-state index in [0.29, 0.717) is 16.1 Å². The lowest BCUT2D eigenvalue weighted by atomic mass is 10.0. The van der Waals surface area contributed by atoms with Gasteiger partial charge in [-0.25, -0.2) is 18.6 Å². The number of aromatic nitrogens is 1. The quantitative estimate of drug-likeness (QED) is 0.720. The molecule has 0 unspecified atom stereocenters. The van der Waals surface area contributed by atoms with Crippen molar-refractivity contribution in [1.29, 1.82) is 0 Å². The van der Waals surface area contributed by atoms with E-state index in [0.717, 1.165) is 23.0 Å². The first-order valence-electron chi connectivity index (χ1n) is 7.51. The highest BCUT2D eigenvalue weighted by atomic mass is 32.1. The first-order chi connectivity index (χ1) is 11.9. The molecule has 0 aliphatic carbocycles. The SMILES string of the molecule is O=C(CCc1cccc(C(=O)O)c1)Cc1nc2c(F)cc(F)cc2s1. The lowest BCUT2D eigenvalue weighted by Gasteiger charge is -2.02. The smallest absolute Gasteiger partial charge is 0.335 e. The minimum atomic E-state index is -1.02. The predicted molar refractivity (Wildman–Crippen MR) is 90.0 cm³/mol. The Morgan fingerprint density at radius 2 is 1.96 bits per heavy atom. The number of carboxylic acid groups (broad SMARTS) is 1. The molecule has 0 bridgehead atoms. The van der Waals surface area contributed by atoms with Crippen LogP contribution in [0, 0.1) is 11.6 Å². The molecule has 4 nitrogen and oxygen atoms in total. The van der Waals surface area contributed by atoms with Crippen molar-refractivity contribution in [2.75, 3.05) is 0 Å². The second-order valence-electron chi connectivity index (χ2n) is 5.56. The van der Waals surface area contributed by atoms with Gasteiger partial charge in [0.2, 0.25) is 0 Å². The summed E-state index contributed by atoms with van der Waals surface area (Å²) in [6, 6.07) is 8.38. The molecule has 0 aliphatic rings. The summed E-state index contributed by atoms with van der Waals surface area (Å²) in [6.07, 6.45) is 0.669. The van der Waals surface area contributed by atoms with Crippen LogP contribution in [-0.4, -0.2) is 21.8 Å². The molecule has 0 amide bonds. The largest absolute Gasteiger partial charge is 0.478 e. The number of hydrogen-bond donors (Lipinski definition) is 1. The molecule has 1 N–H and O–H groups in total. The van der Waals surface area contributed by atoms with Gasteiger partial charge in [0.05, 0.1) is 16.7 Å². The van der Waals surface area contributed by atoms with Crippen molar-refractivity contribution in [3.8, 4) is 0 Å². The van der Waals surface area contributed by atoms with Gasteiger partial charge in [0.25, 0.3) is 0 Å². The zero-order valence-electron chi connectivity index (χ0n) is 13.0. The average Bonchev–Trinajstić information content (AvgIpc) is 2.95. The van der Waals surface area contributed by atoms with E-state index in [9.17, 15) is 18.4 Å². The third-order valence-corrected chi connectivity index (χ3v) is 4.67. The Hall–Kier alpha value is -2.67. The first-order valence-corrected chi connectivity index (χ1v) is 8.32. The van der Waals surface area contributed by atoms with E-state index in [2.05, 4.69) is 4.98 Å². The summed E-state index contributed by atoms with van der Waals surface area (Å²) in [5.41, 5.74) is 1.00. The van der Waals surface area contributed by atoms with Crippen LogP contribution >= 0.6 is 11.3 Å². The van der Waals surface area contributed by atoms with Crippen molar-refractivity contribution < 1.29 is 23.5 Å². The van der Waals surface area contributed by atoms with Crippen molar-refractivity contribution in [2.45, 2.75) is 19.3 Å². The van der Waals surface area contributed by atoms with Crippen LogP contribution in [0.4, 0.5) is 8.78 Å². The molecule has 2 aromatic carbocycles. The van der Waals surface area contributed by atoms with Crippen LogP contribution in [0.15, 0.2) is 36.4 Å². The van der Waals surface area contributed by atoms with E-state index in [-0.39, 0.29) is 29.7 Å². The number of Topliss-reactive ketones (excluding diaryl/α,β-unsaturated/α-hetero) is 1. The maximum absolute atomic E-state index is 13.6. The Morgan fingerprint density at radius 3 is 2.72 bits per heavy atom. The van der Waals surface area contributed by atoms with E-state index in [1.165, 1.54) is 18.2 Å². The van der Waals surface area contributed by atoms with Gasteiger partial charge in [0.15, 0.2) is 5.82 Å². The highest BCUT2D eigenvalue weighted by molar-refractivity contribution is 7.18. The maximum atomic E-state index is 13.6. The number of carboxylic acids is 1. The summed E-state index contributed by atoms with van der Waals surface area (Å²) < 4.78 is 27.2. The molecule has 7 heteroatoms. The highest BCUT2D eigenvalue weighted by Gasteiger charge is 2.13. The van der Waals surface area contributed by atoms with E-state index in [1.54, 1.807) is 12.1 Å². The maximum Gasteiger partial charge on any atom is 0.335 e. The molecule has 0 saturated carbocycles. The summed E-state index contributed by atoms with van der Waals surface area (Å²) in [5.74, 6) is -2.53. The number of rotatable bonds is 6. The van der Waals surface area contributed by atoms with Crippen LogP contribution in [0.1, 0.15) is 27.3 Å². The van der Waals surface area contributed by atoms with Gasteiger partial charge < -0.3 is 5.11 Å². The number of carbonyl (C=O) groups excluding carboxylic acids is 1. The van der Waals surface area contributed by atoms with E-state index >= 15 is 0 Å². The normalized spacial score (nSPS) is 11.0. The Balaban J connectivity index is 1.66. The van der Waals surface area contributed by atoms with Crippen molar-refractivity contribution in [1.82, 2.24) is 4.98 Å². The van der Waals surface area contributed by atoms with Gasteiger partial charge in [-0.05, 0) is 30.2 Å². The Kier molecular flexibility index (Phi) is 4.85. The fourth-order valence-corrected chi connectivity index (χ4v) is 3.51. The molecule has 0 spiro atoms. The molecule has 1 heterocycles. The fraction of sp³-hybridized carbons (Fsp3) is 0.167. The van der Waals surface area contributed by atoms with E-state index in [1.807, 2.05) is 0 Å². The molecule has 3 rings (SSSR count). The lowest BCUT2D eigenvalue weighted by molar-refractivity contribution is -0.118. The van der Waals surface area contributed by atoms with Gasteiger partial charge in [0, 0.05) is 12.5 Å². The number of ketones is 1. The summed E-state index contributed by atoms with van der Waals surface area (Å²) in [7, 11) is 0. The number of nitrogens with zero attached hydrogens (tertiary/aromatic N) is 1. The summed E-state index contributed by atoms with van der Waals surface area (Å²) in [6.45, 7) is 0. The molecule has 3 aromatic rings. The third kappa shape index (κ3) is 4.06. The average molecular weight is 361 g/mol. The third-order valence-electron chi connectivity index (χ3n) is 3.67. The summed E-state index contributed by atoms with van der Waals surface area (Å²) in [5, 5.41) is 9.40. The van der Waals surface area contributed by atoms with Gasteiger partial charge >= 0.3 is 5.97 Å². The van der Waals surface area contributed by atoms with Crippen LogP contribution in [0.25, 0.3) is 10.2 Å². The molecule has 128 valence electrons. The molecule has 0 aliphatic heterocycles. The molecule has 25 heavy (non-hydrogen) atoms. The fourth-order valence-electron chi connectivity index (χ4n) is 2.48. The van der Waals surface area contributed by atoms with Gasteiger partial charge in [-0.3, -0.25) is 4.79 Å². The Bertz CT molecular complexity index is 968. The Morgan fingerprint density at radius 1 is 1.16 bits per heavy atom. The van der Waals surface area contributed by atoms with Crippen molar-refractivity contribution in [2.24, 2.45) is 0 Å². The Labute approximate surface area is 145 Å². The number of hydrogen-bond acceptors (Lipinski definition) is 4. The number of benzene rings is 2. The number of aryl methyl sites for hydroxylation is 1. The standard InChI is InChI=1S/C18H13F2NO3S/c19-12-7-14(20)17-15(8-12)25-16(21-17)9-13(22)5-4-10-2-1-3-11(6-10)18(23)24/h1-3,6-8H,4-5,9H2,(H,23,24). The number of carbonyl (C=O) groups is 2. The van der Waals surface area contributed by atoms with Crippen LogP contribution in [-0.2, 0) is 17.6 Å². The minimum Gasteiger partial charge on any atom is -0.478 e. The number of fused-ring (bicyclic) bond motifs is 1. The predicted octanol–water partition coefficient (Wildman–Crippen LogP) is 4.02. The number of halogens is 2. The molecule has 0 saturated heterocycles. The van der Waals surface area contributed by atoms with Gasteiger partial charge in [-0.1, -0.05) is 12.1 Å². The second kappa shape index (κ2) is 7.06. The van der Waals surface area contributed by atoms with Crippen LogP contribution < -0.4 is 0 Å². The zero-order chi connectivity index (χ0) is 18.0. The number of aromatic carboxylic acids is 1. The van der Waals surface area contributed by atoms with Gasteiger partial charge in [-0.2, -0.15) is 0 Å². The monoisotopic (exact) mass is 361 g/mol. The van der Waals surface area contributed by atoms with Crippen molar-refractivity contribution in [3.63, 3.8) is 0 Å². The van der Waals surface area contributed by atoms with Crippen molar-refractivity contribution in [3.05, 3.63) is 64.2 Å². The van der Waals surface area contributed by atoms with Crippen LogP contribution in [0.5, 0.6) is 0 Å². The molecular formula is C18H13F2NO3S. The van der Waals surface area contributed by atoms with Crippen molar-refractivity contribution >= 4 is 33.3 Å². The van der Waals surface area contributed by atoms with E-state index in [4.69, 9.17) is 5.11 Å². The zero-order valence-corrected chi connectivity index (χ0v) is 13.8. The van der Waals surface area contributed by atoms with E-state index < -0.39 is 17.6 Å². The summed E-state index contributed by atoms with van der Waals surface area (Å²) >= 11 is 1.09. The highest BCUT2D eigenvalue weighted by Crippen LogP contribution is 2.26.